The first-order valence-corrected chi connectivity index (χ1v) is 22.3. The molecule has 0 fully saturated rings. The van der Waals surface area contributed by atoms with Gasteiger partial charge < -0.3 is 14.2 Å². The zero-order valence-electron chi connectivity index (χ0n) is 34.6. The number of hydrogen-bond acceptors (Lipinski definition) is 6. The lowest BCUT2D eigenvalue weighted by Gasteiger charge is -2.18. The molecule has 0 N–H and O–H groups in total. The van der Waals surface area contributed by atoms with Gasteiger partial charge in [-0.15, -0.1) is 0 Å². The third kappa shape index (κ3) is 39.1. The number of allylic oxidation sites excluding steroid dienone is 4. The van der Waals surface area contributed by atoms with E-state index >= 15 is 0 Å². The van der Waals surface area contributed by atoms with E-state index in [1.807, 2.05) is 0 Å². The first kappa shape index (κ1) is 49.9. The first-order valence-electron chi connectivity index (χ1n) is 22.3. The highest BCUT2D eigenvalue weighted by molar-refractivity contribution is 5.71. The molecule has 6 nitrogen and oxygen atoms in total. The number of unbranched alkanes of at least 4 members (excludes halogenated alkanes) is 25. The van der Waals surface area contributed by atoms with Gasteiger partial charge in [0, 0.05) is 19.3 Å². The van der Waals surface area contributed by atoms with Crippen molar-refractivity contribution in [1.82, 2.24) is 0 Å². The molecule has 52 heavy (non-hydrogen) atoms. The lowest BCUT2D eigenvalue weighted by atomic mass is 10.1. The van der Waals surface area contributed by atoms with Gasteiger partial charge in [-0.25, -0.2) is 0 Å². The first-order chi connectivity index (χ1) is 25.5. The molecule has 0 aliphatic rings. The summed E-state index contributed by atoms with van der Waals surface area (Å²) in [6.45, 7) is 6.56. The molecule has 6 heteroatoms. The molecule has 0 aromatic heterocycles. The van der Waals surface area contributed by atoms with Crippen molar-refractivity contribution in [2.75, 3.05) is 13.2 Å². The number of ether oxygens (including phenoxy) is 3. The molecule has 304 valence electrons. The minimum absolute atomic E-state index is 0.0722. The summed E-state index contributed by atoms with van der Waals surface area (Å²) in [6, 6.07) is 0. The molecule has 0 aromatic carbocycles. The monoisotopic (exact) mass is 733 g/mol. The minimum atomic E-state index is -0.767. The summed E-state index contributed by atoms with van der Waals surface area (Å²) in [5.41, 5.74) is 0. The maximum atomic E-state index is 12.7. The molecule has 0 radical (unpaired) electrons. The van der Waals surface area contributed by atoms with Gasteiger partial charge in [-0.05, 0) is 44.9 Å². The van der Waals surface area contributed by atoms with Crippen LogP contribution in [0.2, 0.25) is 0 Å². The maximum absolute atomic E-state index is 12.7. The van der Waals surface area contributed by atoms with Crippen molar-refractivity contribution in [2.24, 2.45) is 0 Å². The van der Waals surface area contributed by atoms with Crippen LogP contribution in [0.4, 0.5) is 0 Å². The minimum Gasteiger partial charge on any atom is -0.462 e. The second-order valence-electron chi connectivity index (χ2n) is 15.0. The van der Waals surface area contributed by atoms with E-state index in [2.05, 4.69) is 45.1 Å². The summed E-state index contributed by atoms with van der Waals surface area (Å²) < 4.78 is 16.7. The van der Waals surface area contributed by atoms with Crippen molar-refractivity contribution in [1.29, 1.82) is 0 Å². The van der Waals surface area contributed by atoms with E-state index in [0.29, 0.717) is 19.3 Å². The summed E-state index contributed by atoms with van der Waals surface area (Å²) in [7, 11) is 0. The van der Waals surface area contributed by atoms with E-state index in [-0.39, 0.29) is 31.1 Å². The number of rotatable bonds is 40. The molecule has 0 aliphatic carbocycles. The van der Waals surface area contributed by atoms with Crippen LogP contribution in [-0.2, 0) is 28.6 Å². The van der Waals surface area contributed by atoms with E-state index in [1.54, 1.807) is 0 Å². The molecule has 0 aliphatic heterocycles. The van der Waals surface area contributed by atoms with Crippen molar-refractivity contribution < 1.29 is 28.6 Å². The van der Waals surface area contributed by atoms with Crippen molar-refractivity contribution in [2.45, 2.75) is 239 Å². The van der Waals surface area contributed by atoms with E-state index in [9.17, 15) is 14.4 Å². The molecule has 0 amide bonds. The number of carbonyl (C=O) groups is 3. The Morgan fingerprint density at radius 3 is 1.12 bits per heavy atom. The quantitative estimate of drug-likeness (QED) is 0.0270. The van der Waals surface area contributed by atoms with E-state index < -0.39 is 6.10 Å². The Hall–Kier alpha value is -2.11. The van der Waals surface area contributed by atoms with Crippen LogP contribution in [0.1, 0.15) is 233 Å². The third-order valence-corrected chi connectivity index (χ3v) is 9.71. The molecule has 0 spiro atoms. The van der Waals surface area contributed by atoms with Crippen LogP contribution in [0.15, 0.2) is 24.3 Å². The maximum Gasteiger partial charge on any atom is 0.306 e. The van der Waals surface area contributed by atoms with Crippen LogP contribution in [-0.4, -0.2) is 37.2 Å². The van der Waals surface area contributed by atoms with E-state index in [4.69, 9.17) is 14.2 Å². The van der Waals surface area contributed by atoms with Gasteiger partial charge in [-0.2, -0.15) is 0 Å². The van der Waals surface area contributed by atoms with E-state index in [0.717, 1.165) is 77.0 Å². The largest absolute Gasteiger partial charge is 0.462 e. The van der Waals surface area contributed by atoms with Crippen LogP contribution in [0.25, 0.3) is 0 Å². The third-order valence-electron chi connectivity index (χ3n) is 9.71. The Kier molecular flexibility index (Phi) is 40.0. The van der Waals surface area contributed by atoms with Crippen molar-refractivity contribution in [3.05, 3.63) is 24.3 Å². The molecule has 1 atom stereocenters. The van der Waals surface area contributed by atoms with Crippen molar-refractivity contribution in [3.8, 4) is 0 Å². The van der Waals surface area contributed by atoms with Gasteiger partial charge in [0.25, 0.3) is 0 Å². The van der Waals surface area contributed by atoms with Crippen LogP contribution < -0.4 is 0 Å². The standard InChI is InChI=1S/C46H84O6/c1-4-7-10-13-16-19-22-23-24-25-28-30-33-36-39-45(48)51-42-43(52-46(49)40-37-34-31-27-21-18-15-12-9-6-3)41-50-44(47)38-35-32-29-26-20-17-14-11-8-5-2/h13,16,22-23,43H,4-12,14-15,17-21,24-42H2,1-3H3/b16-13-,23-22-/t43-/m1/s1. The zero-order chi connectivity index (χ0) is 38.0. The number of hydrogen-bond donors (Lipinski definition) is 0. The Balaban J connectivity index is 4.35. The lowest BCUT2D eigenvalue weighted by molar-refractivity contribution is -0.167. The number of esters is 3. The second kappa shape index (κ2) is 41.6. The summed E-state index contributed by atoms with van der Waals surface area (Å²) in [5.74, 6) is -0.886. The van der Waals surface area contributed by atoms with Gasteiger partial charge in [0.15, 0.2) is 6.10 Å². The van der Waals surface area contributed by atoms with Crippen LogP contribution in [0, 0.1) is 0 Å². The van der Waals surface area contributed by atoms with Gasteiger partial charge in [0.2, 0.25) is 0 Å². The molecule has 0 rings (SSSR count). The summed E-state index contributed by atoms with van der Waals surface area (Å²) in [4.78, 5) is 37.6. The Labute approximate surface area is 322 Å². The summed E-state index contributed by atoms with van der Waals surface area (Å²) >= 11 is 0. The van der Waals surface area contributed by atoms with E-state index in [1.165, 1.54) is 116 Å². The predicted molar refractivity (Wildman–Crippen MR) is 219 cm³/mol. The SMILES string of the molecule is CCCC/C=C\C/C=C\CCCCCCCC(=O)OC[C@@H](COC(=O)CCCCCCCCCCCC)OC(=O)CCCCCCCCCCCC. The zero-order valence-corrected chi connectivity index (χ0v) is 34.6. The average molecular weight is 733 g/mol. The van der Waals surface area contributed by atoms with Gasteiger partial charge in [-0.1, -0.05) is 193 Å². The molecule has 0 saturated carbocycles. The highest BCUT2D eigenvalue weighted by atomic mass is 16.6. The van der Waals surface area contributed by atoms with Gasteiger partial charge in [0.05, 0.1) is 0 Å². The fraction of sp³-hybridized carbons (Fsp3) is 0.848. The van der Waals surface area contributed by atoms with Crippen LogP contribution in [0.3, 0.4) is 0 Å². The van der Waals surface area contributed by atoms with Gasteiger partial charge in [0.1, 0.15) is 13.2 Å². The van der Waals surface area contributed by atoms with Crippen molar-refractivity contribution >= 4 is 17.9 Å². The molecular weight excluding hydrogens is 648 g/mol. The molecule has 0 aromatic rings. The molecule has 0 heterocycles. The predicted octanol–water partition coefficient (Wildman–Crippen LogP) is 14.0. The highest BCUT2D eigenvalue weighted by Gasteiger charge is 2.19. The Morgan fingerprint density at radius 2 is 0.712 bits per heavy atom. The van der Waals surface area contributed by atoms with Gasteiger partial charge >= 0.3 is 17.9 Å². The second-order valence-corrected chi connectivity index (χ2v) is 15.0. The topological polar surface area (TPSA) is 78.9 Å². The van der Waals surface area contributed by atoms with Crippen molar-refractivity contribution in [3.63, 3.8) is 0 Å². The lowest BCUT2D eigenvalue weighted by Crippen LogP contribution is -2.30. The summed E-state index contributed by atoms with van der Waals surface area (Å²) in [6.07, 6.45) is 44.4. The molecule has 0 unspecified atom stereocenters. The Morgan fingerprint density at radius 1 is 0.385 bits per heavy atom. The fourth-order valence-corrected chi connectivity index (χ4v) is 6.28. The van der Waals surface area contributed by atoms with Crippen LogP contribution >= 0.6 is 0 Å². The smallest absolute Gasteiger partial charge is 0.306 e. The number of carbonyl (C=O) groups excluding carboxylic acids is 3. The molecule has 0 saturated heterocycles. The normalized spacial score (nSPS) is 12.1. The summed E-state index contributed by atoms with van der Waals surface area (Å²) in [5, 5.41) is 0. The van der Waals surface area contributed by atoms with Crippen LogP contribution in [0.5, 0.6) is 0 Å². The average Bonchev–Trinajstić information content (AvgIpc) is 3.14. The highest BCUT2D eigenvalue weighted by Crippen LogP contribution is 2.14. The fourth-order valence-electron chi connectivity index (χ4n) is 6.28. The molecular formula is C46H84O6. The molecule has 0 bridgehead atoms. The van der Waals surface area contributed by atoms with Gasteiger partial charge in [-0.3, -0.25) is 14.4 Å². The Bertz CT molecular complexity index is 850.